The Bertz CT molecular complexity index is 1070. The number of aliphatic hydroxyl groups is 3. The van der Waals surface area contributed by atoms with E-state index in [2.05, 4.69) is 0 Å². The van der Waals surface area contributed by atoms with Crippen LogP contribution in [0.4, 0.5) is 0 Å². The smallest absolute Gasteiger partial charge is 0.330 e. The predicted octanol–water partition coefficient (Wildman–Crippen LogP) is 2.62. The Morgan fingerprint density at radius 3 is 2.43 bits per heavy atom. The molecule has 13 heteroatoms. The van der Waals surface area contributed by atoms with Gasteiger partial charge >= 0.3 is 17.9 Å². The summed E-state index contributed by atoms with van der Waals surface area (Å²) < 4.78 is 40.3. The van der Waals surface area contributed by atoms with Gasteiger partial charge in [-0.1, -0.05) is 26.8 Å². The van der Waals surface area contributed by atoms with E-state index in [0.29, 0.717) is 19.4 Å². The summed E-state index contributed by atoms with van der Waals surface area (Å²) in [4.78, 5) is 37.3. The van der Waals surface area contributed by atoms with Crippen molar-refractivity contribution in [2.75, 3.05) is 26.9 Å². The number of fused-ring (bicyclic) bond motifs is 4. The van der Waals surface area contributed by atoms with E-state index in [9.17, 15) is 29.7 Å². The van der Waals surface area contributed by atoms with Crippen LogP contribution in [0.15, 0.2) is 23.8 Å². The first-order valence-electron chi connectivity index (χ1n) is 16.2. The van der Waals surface area contributed by atoms with Gasteiger partial charge < -0.3 is 48.5 Å². The fraction of sp³-hybridized carbons (Fsp3) is 0.788. The minimum Gasteiger partial charge on any atom is -0.466 e. The van der Waals surface area contributed by atoms with Crippen LogP contribution in [0.25, 0.3) is 0 Å². The van der Waals surface area contributed by atoms with Gasteiger partial charge in [0.2, 0.25) is 5.79 Å². The molecule has 0 unspecified atom stereocenters. The van der Waals surface area contributed by atoms with Crippen molar-refractivity contribution in [1.82, 2.24) is 0 Å². The highest BCUT2D eigenvalue weighted by Crippen LogP contribution is 2.42. The number of hydrogen-bond acceptors (Lipinski definition) is 13. The van der Waals surface area contributed by atoms with Crippen molar-refractivity contribution in [2.45, 2.75) is 134 Å². The second-order valence-electron chi connectivity index (χ2n) is 12.7. The highest BCUT2D eigenvalue weighted by atomic mass is 16.7. The van der Waals surface area contributed by atoms with E-state index in [1.54, 1.807) is 32.9 Å². The fourth-order valence-electron chi connectivity index (χ4n) is 6.04. The Morgan fingerprint density at radius 2 is 1.78 bits per heavy atom. The lowest BCUT2D eigenvalue weighted by atomic mass is 9.76. The molecule has 0 aromatic rings. The first-order valence-corrected chi connectivity index (χ1v) is 16.2. The summed E-state index contributed by atoms with van der Waals surface area (Å²) in [5, 5.41) is 33.0. The van der Waals surface area contributed by atoms with Crippen molar-refractivity contribution in [3.05, 3.63) is 23.8 Å². The maximum Gasteiger partial charge on any atom is 0.330 e. The van der Waals surface area contributed by atoms with E-state index in [1.807, 2.05) is 0 Å². The van der Waals surface area contributed by atoms with Crippen LogP contribution in [-0.2, 0) is 47.5 Å². The van der Waals surface area contributed by atoms with Gasteiger partial charge in [-0.2, -0.15) is 0 Å². The molecular formula is C33H52O13. The molecule has 8 atom stereocenters. The Balaban J connectivity index is 2.00. The minimum atomic E-state index is -2.29. The summed E-state index contributed by atoms with van der Waals surface area (Å²) in [6.45, 7) is 5.89. The molecule has 0 radical (unpaired) electrons. The summed E-state index contributed by atoms with van der Waals surface area (Å²) >= 11 is 0. The van der Waals surface area contributed by atoms with Crippen LogP contribution in [-0.4, -0.2) is 109 Å². The first-order chi connectivity index (χ1) is 21.8. The van der Waals surface area contributed by atoms with Crippen molar-refractivity contribution in [3.63, 3.8) is 0 Å². The van der Waals surface area contributed by atoms with Gasteiger partial charge in [-0.3, -0.25) is 9.59 Å². The van der Waals surface area contributed by atoms with Crippen LogP contribution >= 0.6 is 0 Å². The van der Waals surface area contributed by atoms with Gasteiger partial charge in [0.15, 0.2) is 12.4 Å². The second kappa shape index (κ2) is 17.7. The third kappa shape index (κ3) is 10.8. The van der Waals surface area contributed by atoms with Crippen molar-refractivity contribution < 1.29 is 62.9 Å². The maximum absolute atomic E-state index is 12.7. The normalized spacial score (nSPS) is 34.8. The van der Waals surface area contributed by atoms with Gasteiger partial charge in [0, 0.05) is 31.3 Å². The number of esters is 3. The van der Waals surface area contributed by atoms with Crippen LogP contribution in [0.3, 0.4) is 0 Å². The highest BCUT2D eigenvalue weighted by molar-refractivity contribution is 5.83. The van der Waals surface area contributed by atoms with E-state index in [1.165, 1.54) is 14.0 Å². The Kier molecular flexibility index (Phi) is 14.6. The molecule has 46 heavy (non-hydrogen) atoms. The fourth-order valence-corrected chi connectivity index (χ4v) is 6.04. The molecule has 4 bridgehead atoms. The monoisotopic (exact) mass is 656 g/mol. The summed E-state index contributed by atoms with van der Waals surface area (Å²) in [5.41, 5.74) is -1.08. The number of cyclic esters (lactones) is 1. The van der Waals surface area contributed by atoms with Crippen molar-refractivity contribution >= 4 is 17.9 Å². The second-order valence-corrected chi connectivity index (χ2v) is 12.7. The van der Waals surface area contributed by atoms with E-state index in [4.69, 9.17) is 33.2 Å². The van der Waals surface area contributed by atoms with E-state index >= 15 is 0 Å². The number of methoxy groups -OCH3 is 1. The Morgan fingerprint density at radius 1 is 1.09 bits per heavy atom. The lowest BCUT2D eigenvalue weighted by Gasteiger charge is -2.45. The van der Waals surface area contributed by atoms with Crippen LogP contribution in [0.5, 0.6) is 0 Å². The average molecular weight is 657 g/mol. The standard InChI is InChI=1S/C33H52O13/c1-6-22(16-28(37)40-5)31(43-21(2)35)33(39)32(3,4)13-10-30-41-14-11-26(46-30)19-25-9-7-8-24(44-25)17-23(36)18-29(38)45-27(20-34)12-15-42-33/h10,13,16,23-27,30-31,34,36,39H,6-9,11-12,14-15,17-20H2,1-5H3/b13-10+,22-16+/t23-,24+,25-,26+,27-,30+,31+,33-/m1/s1. The molecule has 3 aliphatic heterocycles. The van der Waals surface area contributed by atoms with E-state index in [0.717, 1.165) is 25.3 Å². The molecular weight excluding hydrogens is 604 g/mol. The SMILES string of the molecule is CC/C(=C\C(=O)OC)[C@H](OC(C)=O)[C@@]1(O)OCC[C@H](CO)OC(=O)C[C@H](O)C[C@@H]2CCC[C@H](C[C@@H]3CCO[C@H](/C=C/C1(C)C)O3)O2. The van der Waals surface area contributed by atoms with Gasteiger partial charge in [-0.15, -0.1) is 0 Å². The van der Waals surface area contributed by atoms with Crippen LogP contribution in [0.1, 0.15) is 85.5 Å². The molecule has 2 saturated heterocycles. The number of ether oxygens (including phenoxy) is 7. The van der Waals surface area contributed by atoms with Crippen molar-refractivity contribution in [1.29, 1.82) is 0 Å². The molecule has 262 valence electrons. The molecule has 3 heterocycles. The first kappa shape index (κ1) is 38.1. The van der Waals surface area contributed by atoms with Gasteiger partial charge in [0.1, 0.15) is 6.10 Å². The molecule has 3 rings (SSSR count). The van der Waals surface area contributed by atoms with E-state index in [-0.39, 0.29) is 56.2 Å². The zero-order valence-electron chi connectivity index (χ0n) is 27.7. The topological polar surface area (TPSA) is 177 Å². The minimum absolute atomic E-state index is 0.0423. The molecule has 3 N–H and O–H groups in total. The number of rotatable bonds is 6. The van der Waals surface area contributed by atoms with E-state index < -0.39 is 60.3 Å². The molecule has 0 saturated carbocycles. The number of carbonyl (C=O) groups excluding carboxylic acids is 3. The Labute approximate surface area is 271 Å². The van der Waals surface area contributed by atoms with Crippen molar-refractivity contribution in [2.24, 2.45) is 5.41 Å². The van der Waals surface area contributed by atoms with Gasteiger partial charge in [-0.25, -0.2) is 4.79 Å². The molecule has 0 aliphatic carbocycles. The zero-order valence-corrected chi connectivity index (χ0v) is 27.7. The summed E-state index contributed by atoms with van der Waals surface area (Å²) in [5.74, 6) is -4.42. The molecule has 0 aromatic carbocycles. The largest absolute Gasteiger partial charge is 0.466 e. The quantitative estimate of drug-likeness (QED) is 0.165. The van der Waals surface area contributed by atoms with Gasteiger partial charge in [-0.05, 0) is 50.2 Å². The lowest BCUT2D eigenvalue weighted by molar-refractivity contribution is -0.296. The molecule has 2 fully saturated rings. The molecule has 0 amide bonds. The van der Waals surface area contributed by atoms with Crippen LogP contribution in [0, 0.1) is 5.41 Å². The predicted molar refractivity (Wildman–Crippen MR) is 163 cm³/mol. The third-order valence-electron chi connectivity index (χ3n) is 8.69. The summed E-state index contributed by atoms with van der Waals surface area (Å²) in [6, 6.07) is 0. The van der Waals surface area contributed by atoms with Gasteiger partial charge in [0.05, 0.1) is 57.8 Å². The van der Waals surface area contributed by atoms with Crippen LogP contribution < -0.4 is 0 Å². The third-order valence-corrected chi connectivity index (χ3v) is 8.69. The zero-order chi connectivity index (χ0) is 33.9. The molecule has 13 nitrogen and oxygen atoms in total. The molecule has 0 spiro atoms. The number of hydrogen-bond donors (Lipinski definition) is 3. The van der Waals surface area contributed by atoms with Crippen LogP contribution in [0.2, 0.25) is 0 Å². The molecule has 3 aliphatic rings. The summed E-state index contributed by atoms with van der Waals surface area (Å²) in [6.07, 6.45) is 3.81. The maximum atomic E-state index is 12.7. The summed E-state index contributed by atoms with van der Waals surface area (Å²) in [7, 11) is 1.20. The highest BCUT2D eigenvalue weighted by Gasteiger charge is 2.53. The Hall–Kier alpha value is -2.39. The number of aliphatic hydroxyl groups excluding tert-OH is 2. The molecule has 0 aromatic heterocycles. The number of carbonyl (C=O) groups is 3. The average Bonchev–Trinajstić information content (AvgIpc) is 3.00. The van der Waals surface area contributed by atoms with Gasteiger partial charge in [0.25, 0.3) is 0 Å². The lowest BCUT2D eigenvalue weighted by Crippen LogP contribution is -2.57. The van der Waals surface area contributed by atoms with Crippen molar-refractivity contribution in [3.8, 4) is 0 Å².